The molecule has 0 amide bonds. The molecule has 4 aliphatic rings. The van der Waals surface area contributed by atoms with Crippen molar-refractivity contribution in [3.8, 4) is 0 Å². The van der Waals surface area contributed by atoms with Crippen LogP contribution in [-0.2, 0) is 14.3 Å². The predicted molar refractivity (Wildman–Crippen MR) is 91.6 cm³/mol. The summed E-state index contributed by atoms with van der Waals surface area (Å²) in [5.41, 5.74) is -5.08. The molecule has 0 spiro atoms. The Labute approximate surface area is 152 Å². The van der Waals surface area contributed by atoms with Gasteiger partial charge in [-0.25, -0.2) is 0 Å². The summed E-state index contributed by atoms with van der Waals surface area (Å²) in [7, 11) is 0. The number of hydrogen-bond acceptors (Lipinski definition) is 6. The summed E-state index contributed by atoms with van der Waals surface area (Å²) in [6.07, 6.45) is 3.49. The second-order valence-electron chi connectivity index (χ2n) is 9.42. The summed E-state index contributed by atoms with van der Waals surface area (Å²) in [4.78, 5) is 26.3. The molecule has 6 heteroatoms. The Morgan fingerprint density at radius 2 is 1.88 bits per heavy atom. The molecule has 1 saturated heterocycles. The molecular weight excluding hydrogens is 336 g/mol. The number of carbonyl (C=O) groups is 2. The van der Waals surface area contributed by atoms with E-state index >= 15 is 0 Å². The van der Waals surface area contributed by atoms with Gasteiger partial charge in [0.25, 0.3) is 5.79 Å². The summed E-state index contributed by atoms with van der Waals surface area (Å²) in [6, 6.07) is 0. The van der Waals surface area contributed by atoms with Crippen molar-refractivity contribution in [3.63, 3.8) is 0 Å². The van der Waals surface area contributed by atoms with Gasteiger partial charge in [-0.05, 0) is 24.7 Å². The van der Waals surface area contributed by atoms with Gasteiger partial charge in [0, 0.05) is 11.0 Å². The Kier molecular flexibility index (Phi) is 3.21. The van der Waals surface area contributed by atoms with Crippen LogP contribution in [0.4, 0.5) is 0 Å². The SMILES string of the molecule is C=CC1(C)C=C2C(=O)C3(O)OC(=O)C4(CCCC(C)(C)C34)C2(O)C(O)C1. The zero-order chi connectivity index (χ0) is 19.3. The van der Waals surface area contributed by atoms with E-state index < -0.39 is 51.4 Å². The smallest absolute Gasteiger partial charge is 0.318 e. The quantitative estimate of drug-likeness (QED) is 0.479. The number of hydrogen-bond donors (Lipinski definition) is 3. The standard InChI is InChI=1S/C20H26O6/c1-5-17(4)9-11-13(22)20(25)14-16(2,3)7-6-8-18(14,15(23)26-20)19(11,24)12(21)10-17/h5,9,12,14,21,24-25H,1,6-8,10H2,2-4H3. The Morgan fingerprint density at radius 1 is 1.23 bits per heavy atom. The molecular formula is C20H26O6. The highest BCUT2D eigenvalue weighted by Gasteiger charge is 2.85. The number of fused-ring (bicyclic) bond motifs is 1. The van der Waals surface area contributed by atoms with E-state index in [0.717, 1.165) is 0 Å². The first-order chi connectivity index (χ1) is 11.9. The summed E-state index contributed by atoms with van der Waals surface area (Å²) in [5.74, 6) is -4.84. The summed E-state index contributed by atoms with van der Waals surface area (Å²) < 4.78 is 5.30. The van der Waals surface area contributed by atoms with Gasteiger partial charge in [-0.15, -0.1) is 6.58 Å². The van der Waals surface area contributed by atoms with Gasteiger partial charge in [0.05, 0.1) is 12.0 Å². The monoisotopic (exact) mass is 362 g/mol. The molecule has 1 heterocycles. The molecule has 0 aromatic rings. The Bertz CT molecular complexity index is 768. The molecule has 0 aromatic heterocycles. The van der Waals surface area contributed by atoms with E-state index in [-0.39, 0.29) is 18.4 Å². The second kappa shape index (κ2) is 4.66. The van der Waals surface area contributed by atoms with Gasteiger partial charge in [-0.1, -0.05) is 39.3 Å². The van der Waals surface area contributed by atoms with Crippen LogP contribution in [0.2, 0.25) is 0 Å². The van der Waals surface area contributed by atoms with Gasteiger partial charge in [-0.2, -0.15) is 0 Å². The van der Waals surface area contributed by atoms with Gasteiger partial charge >= 0.3 is 5.97 Å². The number of rotatable bonds is 1. The predicted octanol–water partition coefficient (Wildman–Crippen LogP) is 1.24. The third-order valence-electron chi connectivity index (χ3n) is 7.39. The maximum absolute atomic E-state index is 13.3. The lowest BCUT2D eigenvalue weighted by molar-refractivity contribution is -0.247. The van der Waals surface area contributed by atoms with Crippen molar-refractivity contribution < 1.29 is 29.6 Å². The van der Waals surface area contributed by atoms with Crippen LogP contribution in [0.3, 0.4) is 0 Å². The van der Waals surface area contributed by atoms with Gasteiger partial charge in [0.15, 0.2) is 0 Å². The van der Waals surface area contributed by atoms with Crippen molar-refractivity contribution in [1.29, 1.82) is 0 Å². The molecule has 2 saturated carbocycles. The number of Topliss-reactive ketones (excluding diaryl/α,β-unsaturated/α-hetero) is 1. The second-order valence-corrected chi connectivity index (χ2v) is 9.42. The number of carbonyl (C=O) groups excluding carboxylic acids is 2. The summed E-state index contributed by atoms with van der Waals surface area (Å²) in [5, 5.41) is 34.0. The first-order valence-corrected chi connectivity index (χ1v) is 9.17. The van der Waals surface area contributed by atoms with Crippen LogP contribution < -0.4 is 0 Å². The summed E-state index contributed by atoms with van der Waals surface area (Å²) >= 11 is 0. The third-order valence-corrected chi connectivity index (χ3v) is 7.39. The molecule has 3 N–H and O–H groups in total. The zero-order valence-corrected chi connectivity index (χ0v) is 15.4. The largest absolute Gasteiger partial charge is 0.424 e. The minimum Gasteiger partial charge on any atom is -0.424 e. The van der Waals surface area contributed by atoms with E-state index in [1.807, 2.05) is 13.8 Å². The fraction of sp³-hybridized carbons (Fsp3) is 0.700. The Hall–Kier alpha value is -1.50. The first kappa shape index (κ1) is 17.9. The molecule has 6 unspecified atom stereocenters. The molecule has 3 fully saturated rings. The van der Waals surface area contributed by atoms with Crippen molar-refractivity contribution >= 4 is 11.8 Å². The normalized spacial score (nSPS) is 51.8. The van der Waals surface area contributed by atoms with Crippen molar-refractivity contribution in [2.45, 2.75) is 63.9 Å². The fourth-order valence-corrected chi connectivity index (χ4v) is 6.25. The van der Waals surface area contributed by atoms with E-state index in [1.54, 1.807) is 19.1 Å². The number of aliphatic hydroxyl groups excluding tert-OH is 1. The molecule has 3 aliphatic carbocycles. The van der Waals surface area contributed by atoms with E-state index in [4.69, 9.17) is 4.74 Å². The highest BCUT2D eigenvalue weighted by molar-refractivity contribution is 6.10. The minimum atomic E-state index is -2.31. The average molecular weight is 362 g/mol. The van der Waals surface area contributed by atoms with Crippen molar-refractivity contribution in [2.75, 3.05) is 0 Å². The lowest BCUT2D eigenvalue weighted by Crippen LogP contribution is -2.74. The van der Waals surface area contributed by atoms with Crippen LogP contribution in [0.15, 0.2) is 24.3 Å². The van der Waals surface area contributed by atoms with E-state index in [1.165, 1.54) is 0 Å². The highest BCUT2D eigenvalue weighted by Crippen LogP contribution is 2.71. The molecule has 142 valence electrons. The van der Waals surface area contributed by atoms with Crippen molar-refractivity contribution in [1.82, 2.24) is 0 Å². The molecule has 1 aliphatic heterocycles. The van der Waals surface area contributed by atoms with Gasteiger partial charge in [-0.3, -0.25) is 9.59 Å². The lowest BCUT2D eigenvalue weighted by Gasteiger charge is -2.60. The van der Waals surface area contributed by atoms with Crippen LogP contribution in [0.25, 0.3) is 0 Å². The maximum atomic E-state index is 13.3. The maximum Gasteiger partial charge on any atom is 0.318 e. The van der Waals surface area contributed by atoms with E-state index in [2.05, 4.69) is 6.58 Å². The highest BCUT2D eigenvalue weighted by atomic mass is 16.7. The third kappa shape index (κ3) is 1.65. The van der Waals surface area contributed by atoms with Crippen molar-refractivity contribution in [3.05, 3.63) is 24.3 Å². The number of ketones is 1. The number of ether oxygens (including phenoxy) is 1. The lowest BCUT2D eigenvalue weighted by atomic mass is 9.42. The van der Waals surface area contributed by atoms with Crippen LogP contribution in [-0.4, -0.2) is 44.6 Å². The Morgan fingerprint density at radius 3 is 2.50 bits per heavy atom. The minimum absolute atomic E-state index is 0.124. The molecule has 6 atom stereocenters. The molecule has 4 rings (SSSR count). The zero-order valence-electron chi connectivity index (χ0n) is 15.4. The fourth-order valence-electron chi connectivity index (χ4n) is 6.25. The summed E-state index contributed by atoms with van der Waals surface area (Å²) in [6.45, 7) is 9.28. The number of aliphatic hydroxyl groups is 3. The van der Waals surface area contributed by atoms with Crippen LogP contribution in [0.5, 0.6) is 0 Å². The topological polar surface area (TPSA) is 104 Å². The first-order valence-electron chi connectivity index (χ1n) is 9.17. The van der Waals surface area contributed by atoms with Crippen molar-refractivity contribution in [2.24, 2.45) is 22.2 Å². The van der Waals surface area contributed by atoms with Crippen LogP contribution in [0.1, 0.15) is 46.5 Å². The number of allylic oxidation sites excluding steroid dienone is 2. The van der Waals surface area contributed by atoms with Gasteiger partial charge < -0.3 is 20.1 Å². The number of esters is 1. The molecule has 6 nitrogen and oxygen atoms in total. The molecule has 0 radical (unpaired) electrons. The van der Waals surface area contributed by atoms with Gasteiger partial charge in [0.2, 0.25) is 5.78 Å². The molecule has 0 aromatic carbocycles. The van der Waals surface area contributed by atoms with Crippen LogP contribution >= 0.6 is 0 Å². The van der Waals surface area contributed by atoms with E-state index in [0.29, 0.717) is 12.8 Å². The van der Waals surface area contributed by atoms with Crippen LogP contribution in [0, 0.1) is 22.2 Å². The van der Waals surface area contributed by atoms with Gasteiger partial charge in [0.1, 0.15) is 11.0 Å². The average Bonchev–Trinajstić information content (AvgIpc) is 2.78. The Balaban J connectivity index is 2.07. The molecule has 2 bridgehead atoms. The molecule has 26 heavy (non-hydrogen) atoms. The van der Waals surface area contributed by atoms with E-state index in [9.17, 15) is 24.9 Å².